The Kier molecular flexibility index (Phi) is 3.44. The minimum atomic E-state index is -0.473. The Morgan fingerprint density at radius 1 is 1.18 bits per heavy atom. The first-order valence-electron chi connectivity index (χ1n) is 7.85. The van der Waals surface area contributed by atoms with Crippen LogP contribution in [0.25, 0.3) is 10.9 Å². The number of allylic oxidation sites excluding steroid dienone is 1. The lowest BCUT2D eigenvalue weighted by Gasteiger charge is -2.35. The van der Waals surface area contributed by atoms with E-state index in [1.165, 1.54) is 20.9 Å². The van der Waals surface area contributed by atoms with Gasteiger partial charge in [-0.25, -0.2) is 0 Å². The highest BCUT2D eigenvalue weighted by molar-refractivity contribution is 9.11. The fourth-order valence-corrected chi connectivity index (χ4v) is 4.19. The van der Waals surface area contributed by atoms with E-state index in [4.69, 9.17) is 9.47 Å². The third kappa shape index (κ3) is 2.25. The van der Waals surface area contributed by atoms with Gasteiger partial charge in [0.15, 0.2) is 5.79 Å². The van der Waals surface area contributed by atoms with Gasteiger partial charge in [0.2, 0.25) is 0 Å². The van der Waals surface area contributed by atoms with Gasteiger partial charge in [0, 0.05) is 35.9 Å². The number of aromatic nitrogens is 1. The van der Waals surface area contributed by atoms with Crippen LogP contribution >= 0.6 is 15.9 Å². The Morgan fingerprint density at radius 2 is 1.91 bits per heavy atom. The monoisotopic (exact) mass is 361 g/mol. The van der Waals surface area contributed by atoms with E-state index in [1.54, 1.807) is 0 Å². The highest BCUT2D eigenvalue weighted by atomic mass is 79.9. The van der Waals surface area contributed by atoms with Crippen molar-refractivity contribution >= 4 is 26.8 Å². The van der Waals surface area contributed by atoms with Gasteiger partial charge in [0.1, 0.15) is 0 Å². The second-order valence-corrected chi connectivity index (χ2v) is 7.31. The maximum absolute atomic E-state index is 6.19. The number of H-pyrrole nitrogens is 1. The average molecular weight is 362 g/mol. The van der Waals surface area contributed by atoms with Crippen LogP contribution in [0.15, 0.2) is 41.0 Å². The summed E-state index contributed by atoms with van der Waals surface area (Å²) in [6, 6.07) is 8.43. The molecule has 4 heteroatoms. The van der Waals surface area contributed by atoms with Crippen LogP contribution in [0.3, 0.4) is 0 Å². The molecular weight excluding hydrogens is 342 g/mol. The third-order valence-corrected chi connectivity index (χ3v) is 5.79. The largest absolute Gasteiger partial charge is 0.361 e. The summed E-state index contributed by atoms with van der Waals surface area (Å²) in [6.45, 7) is 4.18. The molecule has 1 saturated heterocycles. The van der Waals surface area contributed by atoms with Gasteiger partial charge in [0.05, 0.1) is 12.2 Å². The van der Waals surface area contributed by atoms with Crippen molar-refractivity contribution in [1.29, 1.82) is 0 Å². The second kappa shape index (κ2) is 5.22. The molecular formula is C18H20BrNO2. The fourth-order valence-electron chi connectivity index (χ4n) is 3.62. The summed E-state index contributed by atoms with van der Waals surface area (Å²) in [5.74, 6) is -0.207. The Bertz CT molecular complexity index is 726. The molecule has 2 aliphatic rings. The predicted octanol–water partition coefficient (Wildman–Crippen LogP) is 4.84. The lowest BCUT2D eigenvalue weighted by atomic mass is 9.85. The number of hydrogen-bond acceptors (Lipinski definition) is 2. The third-order valence-electron chi connectivity index (χ3n) is 4.92. The van der Waals surface area contributed by atoms with Crippen LogP contribution in [0.5, 0.6) is 0 Å². The van der Waals surface area contributed by atoms with Gasteiger partial charge < -0.3 is 14.5 Å². The summed E-state index contributed by atoms with van der Waals surface area (Å²) in [5.41, 5.74) is 2.48. The maximum Gasteiger partial charge on any atom is 0.173 e. The fraction of sp³-hybridized carbons (Fsp3) is 0.444. The van der Waals surface area contributed by atoms with E-state index in [9.17, 15) is 0 Å². The Hall–Kier alpha value is -1.10. The number of aromatic amines is 1. The molecule has 3 nitrogen and oxygen atoms in total. The Labute approximate surface area is 138 Å². The van der Waals surface area contributed by atoms with E-state index in [-0.39, 0.29) is 18.1 Å². The van der Waals surface area contributed by atoms with E-state index < -0.39 is 5.79 Å². The number of hydrogen-bond donors (Lipinski definition) is 1. The predicted molar refractivity (Wildman–Crippen MR) is 91.1 cm³/mol. The lowest BCUT2D eigenvalue weighted by Crippen LogP contribution is -2.35. The molecule has 116 valence electrons. The molecule has 0 radical (unpaired) electrons. The molecule has 2 aromatic rings. The molecule has 4 rings (SSSR count). The van der Waals surface area contributed by atoms with E-state index in [1.807, 2.05) is 0 Å². The van der Waals surface area contributed by atoms with Crippen molar-refractivity contribution in [2.24, 2.45) is 0 Å². The number of rotatable bonds is 1. The van der Waals surface area contributed by atoms with Gasteiger partial charge in [-0.15, -0.1) is 0 Å². The first-order valence-corrected chi connectivity index (χ1v) is 8.64. The maximum atomic E-state index is 6.19. The topological polar surface area (TPSA) is 34.2 Å². The molecule has 3 atom stereocenters. The molecule has 1 aliphatic heterocycles. The first-order chi connectivity index (χ1) is 10.6. The zero-order valence-corrected chi connectivity index (χ0v) is 14.4. The molecule has 1 spiro atoms. The van der Waals surface area contributed by atoms with E-state index in [2.05, 4.69) is 71.3 Å². The van der Waals surface area contributed by atoms with Gasteiger partial charge in [0.25, 0.3) is 0 Å². The van der Waals surface area contributed by atoms with Gasteiger partial charge >= 0.3 is 0 Å². The smallest absolute Gasteiger partial charge is 0.173 e. The summed E-state index contributed by atoms with van der Waals surface area (Å²) < 4.78 is 13.6. The van der Waals surface area contributed by atoms with Crippen LogP contribution in [-0.4, -0.2) is 23.0 Å². The summed E-state index contributed by atoms with van der Waals surface area (Å²) >= 11 is 3.76. The second-order valence-electron chi connectivity index (χ2n) is 6.40. The number of fused-ring (bicyclic) bond motifs is 1. The molecule has 0 saturated carbocycles. The van der Waals surface area contributed by atoms with E-state index in [0.29, 0.717) is 0 Å². The highest BCUT2D eigenvalue weighted by Gasteiger charge is 2.47. The molecule has 0 unspecified atom stereocenters. The molecule has 1 N–H and O–H groups in total. The van der Waals surface area contributed by atoms with Crippen LogP contribution in [0.2, 0.25) is 0 Å². The minimum Gasteiger partial charge on any atom is -0.361 e. The summed E-state index contributed by atoms with van der Waals surface area (Å²) in [5, 5.41) is 1.27. The van der Waals surface area contributed by atoms with Gasteiger partial charge in [-0.3, -0.25) is 0 Å². The van der Waals surface area contributed by atoms with Crippen molar-refractivity contribution in [1.82, 2.24) is 4.98 Å². The van der Waals surface area contributed by atoms with Crippen molar-refractivity contribution < 1.29 is 9.47 Å². The molecule has 0 bridgehead atoms. The van der Waals surface area contributed by atoms with Gasteiger partial charge in [-0.05, 0) is 30.0 Å². The molecule has 1 aromatic heterocycles. The Morgan fingerprint density at radius 3 is 2.68 bits per heavy atom. The van der Waals surface area contributed by atoms with Gasteiger partial charge in [-0.1, -0.05) is 40.2 Å². The van der Waals surface area contributed by atoms with Crippen molar-refractivity contribution in [3.8, 4) is 0 Å². The highest BCUT2D eigenvalue weighted by Crippen LogP contribution is 2.48. The molecule has 2 heterocycles. The quantitative estimate of drug-likeness (QED) is 0.787. The van der Waals surface area contributed by atoms with Crippen LogP contribution in [-0.2, 0) is 9.47 Å². The Balaban J connectivity index is 1.72. The zero-order chi connectivity index (χ0) is 15.3. The summed E-state index contributed by atoms with van der Waals surface area (Å²) in [7, 11) is 0. The van der Waals surface area contributed by atoms with Crippen LogP contribution < -0.4 is 0 Å². The number of halogens is 1. The van der Waals surface area contributed by atoms with Crippen molar-refractivity contribution in [3.05, 3.63) is 46.6 Å². The standard InChI is InChI=1S/C18H20BrNO2/c1-11-12(2)22-18(21-11)8-7-16(19)14(9-18)15-10-20-17-6-4-3-5-13(15)17/h3-7,10-12,14,20H,8-9H2,1-2H3/t11-,12-,14-/m1/s1. The molecule has 1 aliphatic carbocycles. The molecule has 0 amide bonds. The van der Waals surface area contributed by atoms with Crippen molar-refractivity contribution in [3.63, 3.8) is 0 Å². The number of para-hydroxylation sites is 1. The SMILES string of the molecule is C[C@H]1OC2(CC=C(Br)[C@@H](c3c[nH]c4ccccc34)C2)O[C@@H]1C. The minimum absolute atomic E-state index is 0.147. The molecule has 1 fully saturated rings. The normalized spacial score (nSPS) is 30.9. The zero-order valence-electron chi connectivity index (χ0n) is 12.8. The summed E-state index contributed by atoms with van der Waals surface area (Å²) in [6.07, 6.45) is 6.27. The first kappa shape index (κ1) is 14.5. The van der Waals surface area contributed by atoms with Crippen LogP contribution in [0.4, 0.5) is 0 Å². The number of nitrogens with one attached hydrogen (secondary N) is 1. The molecule has 1 aromatic carbocycles. The molecule has 22 heavy (non-hydrogen) atoms. The summed E-state index contributed by atoms with van der Waals surface area (Å²) in [4.78, 5) is 3.37. The van der Waals surface area contributed by atoms with E-state index in [0.717, 1.165) is 12.8 Å². The van der Waals surface area contributed by atoms with Crippen LogP contribution in [0, 0.1) is 0 Å². The van der Waals surface area contributed by atoms with Crippen LogP contribution in [0.1, 0.15) is 38.2 Å². The lowest BCUT2D eigenvalue weighted by molar-refractivity contribution is -0.179. The van der Waals surface area contributed by atoms with Crippen molar-refractivity contribution in [2.75, 3.05) is 0 Å². The number of ether oxygens (including phenoxy) is 2. The number of benzene rings is 1. The van der Waals surface area contributed by atoms with E-state index >= 15 is 0 Å². The van der Waals surface area contributed by atoms with Crippen molar-refractivity contribution in [2.45, 2.75) is 50.6 Å². The van der Waals surface area contributed by atoms with Gasteiger partial charge in [-0.2, -0.15) is 0 Å². The average Bonchev–Trinajstić information content (AvgIpc) is 3.04.